The van der Waals surface area contributed by atoms with E-state index < -0.39 is 40.4 Å². The molecule has 2 aliphatic heterocycles. The maximum absolute atomic E-state index is 13.1. The van der Waals surface area contributed by atoms with E-state index in [-0.39, 0.29) is 24.4 Å². The lowest BCUT2D eigenvalue weighted by Gasteiger charge is -2.55. The van der Waals surface area contributed by atoms with Gasteiger partial charge in [0.15, 0.2) is 5.54 Å². The standard InChI is InChI=1S/C19H23N5O6S3/c1-9-22-23-13(33-9)10-7-32-16-19(8-31,15(28)24(16)12(10)14(26)27)21-11(25)5-6-20-17(29)30-18(2,3)4/h8,16H,5-7H2,1-4H3,(H,20,29)(H,21,25)(H,26,27)/t16-,19?/m0/s1. The number of β-lactam (4-membered cyclic amide) rings is 1. The van der Waals surface area contributed by atoms with E-state index >= 15 is 0 Å². The van der Waals surface area contributed by atoms with Crippen LogP contribution in [0.15, 0.2) is 5.70 Å². The zero-order valence-corrected chi connectivity index (χ0v) is 20.8. The van der Waals surface area contributed by atoms with Crippen molar-refractivity contribution >= 4 is 70.1 Å². The lowest BCUT2D eigenvalue weighted by molar-refractivity contribution is -0.153. The highest BCUT2D eigenvalue weighted by Gasteiger charge is 2.64. The fraction of sp³-hybridized carbons (Fsp3) is 0.526. The molecular formula is C19H23N5O6S3. The molecule has 1 saturated heterocycles. The number of rotatable bonds is 7. The van der Waals surface area contributed by atoms with Gasteiger partial charge in [0.2, 0.25) is 5.91 Å². The van der Waals surface area contributed by atoms with Crippen molar-refractivity contribution < 1.29 is 29.0 Å². The maximum atomic E-state index is 13.1. The number of alkyl carbamates (subject to hydrolysis) is 1. The van der Waals surface area contributed by atoms with Gasteiger partial charge in [-0.15, -0.1) is 22.0 Å². The van der Waals surface area contributed by atoms with Gasteiger partial charge in [-0.2, -0.15) is 0 Å². The first-order valence-electron chi connectivity index (χ1n) is 9.86. The lowest BCUT2D eigenvalue weighted by Crippen LogP contribution is -2.80. The van der Waals surface area contributed by atoms with E-state index in [0.717, 1.165) is 10.3 Å². The van der Waals surface area contributed by atoms with E-state index in [9.17, 15) is 24.3 Å². The third-order valence-electron chi connectivity index (χ3n) is 4.65. The van der Waals surface area contributed by atoms with E-state index in [4.69, 9.17) is 17.0 Å². The van der Waals surface area contributed by atoms with Gasteiger partial charge in [0.25, 0.3) is 5.91 Å². The van der Waals surface area contributed by atoms with Crippen molar-refractivity contribution in [2.45, 2.75) is 50.6 Å². The Morgan fingerprint density at radius 3 is 2.61 bits per heavy atom. The summed E-state index contributed by atoms with van der Waals surface area (Å²) >= 11 is 7.59. The van der Waals surface area contributed by atoms with Crippen molar-refractivity contribution in [3.63, 3.8) is 0 Å². The van der Waals surface area contributed by atoms with Crippen molar-refractivity contribution in [1.29, 1.82) is 0 Å². The number of carboxylic acids is 1. The summed E-state index contributed by atoms with van der Waals surface area (Å²) in [5, 5.41) is 24.4. The van der Waals surface area contributed by atoms with Crippen LogP contribution in [0.2, 0.25) is 0 Å². The van der Waals surface area contributed by atoms with Gasteiger partial charge in [-0.1, -0.05) is 23.6 Å². The SMILES string of the molecule is Cc1nnc(C2=C(C(=O)O)N3C(=O)C(C=S)(NC(=O)CCNC(=O)OC(C)(C)C)[C@@H]3SC2)s1. The number of carboxylic acid groups (broad SMARTS) is 1. The van der Waals surface area contributed by atoms with Crippen molar-refractivity contribution in [2.24, 2.45) is 0 Å². The first-order valence-corrected chi connectivity index (χ1v) is 12.2. The number of carbonyl (C=O) groups is 4. The predicted octanol–water partition coefficient (Wildman–Crippen LogP) is 1.33. The molecule has 11 nitrogen and oxygen atoms in total. The van der Waals surface area contributed by atoms with Crippen LogP contribution in [0.25, 0.3) is 5.57 Å². The summed E-state index contributed by atoms with van der Waals surface area (Å²) in [5.41, 5.74) is -1.98. The number of aromatic nitrogens is 2. The van der Waals surface area contributed by atoms with Crippen molar-refractivity contribution in [2.75, 3.05) is 12.3 Å². The van der Waals surface area contributed by atoms with E-state index in [1.54, 1.807) is 27.7 Å². The van der Waals surface area contributed by atoms with Crippen LogP contribution in [0.3, 0.4) is 0 Å². The van der Waals surface area contributed by atoms with Crippen LogP contribution >= 0.6 is 35.3 Å². The molecule has 1 aromatic heterocycles. The van der Waals surface area contributed by atoms with Crippen LogP contribution in [-0.4, -0.2) is 78.3 Å². The minimum absolute atomic E-state index is 0.00913. The summed E-state index contributed by atoms with van der Waals surface area (Å²) in [6.07, 6.45) is -0.782. The summed E-state index contributed by atoms with van der Waals surface area (Å²) in [5.74, 6) is -2.18. The molecule has 0 aliphatic carbocycles. The number of hydrogen-bond acceptors (Lipinski definition) is 10. The predicted molar refractivity (Wildman–Crippen MR) is 126 cm³/mol. The van der Waals surface area contributed by atoms with Crippen molar-refractivity contribution in [3.05, 3.63) is 15.7 Å². The van der Waals surface area contributed by atoms with Gasteiger partial charge in [-0.25, -0.2) is 9.59 Å². The molecule has 3 N–H and O–H groups in total. The molecule has 3 amide bonds. The molecule has 33 heavy (non-hydrogen) atoms. The average molecular weight is 514 g/mol. The first-order chi connectivity index (χ1) is 15.4. The smallest absolute Gasteiger partial charge is 0.407 e. The summed E-state index contributed by atoms with van der Waals surface area (Å²) in [6, 6.07) is 0. The van der Waals surface area contributed by atoms with Gasteiger partial charge in [0.1, 0.15) is 26.7 Å². The highest BCUT2D eigenvalue weighted by Crippen LogP contribution is 2.48. The Labute approximate surface area is 203 Å². The molecule has 3 heterocycles. The van der Waals surface area contributed by atoms with Crippen molar-refractivity contribution in [1.82, 2.24) is 25.7 Å². The Hall–Kier alpha value is -2.58. The van der Waals surface area contributed by atoms with E-state index in [0.29, 0.717) is 15.6 Å². The largest absolute Gasteiger partial charge is 0.477 e. The summed E-state index contributed by atoms with van der Waals surface area (Å²) < 4.78 is 5.11. The van der Waals surface area contributed by atoms with Gasteiger partial charge in [-0.05, 0) is 27.7 Å². The molecule has 0 aromatic carbocycles. The second-order valence-corrected chi connectivity index (χ2v) is 10.8. The molecule has 2 atom stereocenters. The molecule has 2 aliphatic rings. The van der Waals surface area contributed by atoms with Crippen LogP contribution in [0.4, 0.5) is 4.79 Å². The molecule has 178 valence electrons. The zero-order chi connectivity index (χ0) is 24.6. The summed E-state index contributed by atoms with van der Waals surface area (Å²) in [6.45, 7) is 6.89. The second kappa shape index (κ2) is 9.35. The Morgan fingerprint density at radius 2 is 2.06 bits per heavy atom. The molecule has 0 spiro atoms. The second-order valence-electron chi connectivity index (χ2n) is 8.31. The molecule has 1 unspecified atom stereocenters. The number of thiocarbonyl (C=S) groups is 1. The Balaban J connectivity index is 1.71. The van der Waals surface area contributed by atoms with Crippen LogP contribution in [-0.2, 0) is 19.1 Å². The highest BCUT2D eigenvalue weighted by atomic mass is 32.2. The minimum atomic E-state index is -1.52. The molecule has 0 bridgehead atoms. The van der Waals surface area contributed by atoms with Gasteiger partial charge in [-0.3, -0.25) is 14.5 Å². The highest BCUT2D eigenvalue weighted by molar-refractivity contribution is 8.00. The Bertz CT molecular complexity index is 1050. The number of nitrogens with one attached hydrogen (secondary N) is 2. The van der Waals surface area contributed by atoms with Gasteiger partial charge in [0, 0.05) is 29.7 Å². The lowest BCUT2D eigenvalue weighted by atomic mass is 9.88. The molecule has 0 saturated carbocycles. The number of fused-ring (bicyclic) bond motifs is 1. The number of carbonyl (C=O) groups excluding carboxylic acids is 3. The Morgan fingerprint density at radius 1 is 1.36 bits per heavy atom. The van der Waals surface area contributed by atoms with Crippen LogP contribution in [0, 0.1) is 6.92 Å². The van der Waals surface area contributed by atoms with Gasteiger partial charge in [0.05, 0.1) is 0 Å². The monoisotopic (exact) mass is 513 g/mol. The molecule has 3 rings (SSSR count). The third-order valence-corrected chi connectivity index (χ3v) is 7.27. The quantitative estimate of drug-likeness (QED) is 0.360. The van der Waals surface area contributed by atoms with E-state index in [1.165, 1.54) is 23.1 Å². The number of hydrogen-bond donors (Lipinski definition) is 3. The summed E-state index contributed by atoms with van der Waals surface area (Å²) in [7, 11) is 0. The van der Waals surface area contributed by atoms with E-state index in [1.807, 2.05) is 0 Å². The molecule has 0 radical (unpaired) electrons. The average Bonchev–Trinajstić information content (AvgIpc) is 3.15. The Kier molecular flexibility index (Phi) is 7.10. The summed E-state index contributed by atoms with van der Waals surface area (Å²) in [4.78, 5) is 50.5. The fourth-order valence-electron chi connectivity index (χ4n) is 3.30. The molecule has 1 aromatic rings. The first kappa shape index (κ1) is 25.1. The number of aliphatic carboxylic acids is 1. The maximum Gasteiger partial charge on any atom is 0.407 e. The minimum Gasteiger partial charge on any atom is -0.477 e. The zero-order valence-electron chi connectivity index (χ0n) is 18.3. The number of nitrogens with zero attached hydrogens (tertiary/aromatic N) is 3. The normalized spacial score (nSPS) is 22.2. The number of thioether (sulfide) groups is 1. The van der Waals surface area contributed by atoms with E-state index in [2.05, 4.69) is 20.8 Å². The van der Waals surface area contributed by atoms with Crippen LogP contribution in [0.1, 0.15) is 37.2 Å². The topological polar surface area (TPSA) is 151 Å². The van der Waals surface area contributed by atoms with Crippen LogP contribution < -0.4 is 10.6 Å². The molecule has 1 fully saturated rings. The molecular weight excluding hydrogens is 490 g/mol. The fourth-order valence-corrected chi connectivity index (χ4v) is 5.94. The number of ether oxygens (including phenoxy) is 1. The number of aryl methyl sites for hydroxylation is 1. The number of amides is 3. The third kappa shape index (κ3) is 5.01. The van der Waals surface area contributed by atoms with Gasteiger partial charge < -0.3 is 20.5 Å². The van der Waals surface area contributed by atoms with Crippen molar-refractivity contribution in [3.8, 4) is 0 Å². The van der Waals surface area contributed by atoms with Gasteiger partial charge >= 0.3 is 12.1 Å². The molecule has 14 heteroatoms. The van der Waals surface area contributed by atoms with Crippen LogP contribution in [0.5, 0.6) is 0 Å².